The molecule has 0 aliphatic heterocycles. The van der Waals surface area contributed by atoms with E-state index in [0.29, 0.717) is 12.6 Å². The first-order valence-corrected chi connectivity index (χ1v) is 7.28. The maximum Gasteiger partial charge on any atom is 0.191 e. The van der Waals surface area contributed by atoms with E-state index in [4.69, 9.17) is 0 Å². The SMILES string of the molecule is CCNC(=NCc1cccc(CN(C)C)c1)NC(C)C. The molecule has 2 N–H and O–H groups in total. The zero-order valence-electron chi connectivity index (χ0n) is 13.4. The lowest BCUT2D eigenvalue weighted by Gasteiger charge is -2.14. The maximum absolute atomic E-state index is 4.62. The molecule has 0 radical (unpaired) electrons. The van der Waals surface area contributed by atoms with Crippen LogP contribution in [0.25, 0.3) is 0 Å². The molecule has 4 nitrogen and oxygen atoms in total. The lowest BCUT2D eigenvalue weighted by molar-refractivity contribution is 0.402. The maximum atomic E-state index is 4.62. The molecule has 0 saturated heterocycles. The average molecular weight is 276 g/mol. The number of benzene rings is 1. The van der Waals surface area contributed by atoms with Gasteiger partial charge in [-0.1, -0.05) is 24.3 Å². The van der Waals surface area contributed by atoms with Gasteiger partial charge in [0.2, 0.25) is 0 Å². The first-order valence-electron chi connectivity index (χ1n) is 7.28. The van der Waals surface area contributed by atoms with Gasteiger partial charge in [0.05, 0.1) is 6.54 Å². The summed E-state index contributed by atoms with van der Waals surface area (Å²) in [5.74, 6) is 0.875. The van der Waals surface area contributed by atoms with Gasteiger partial charge in [0.1, 0.15) is 0 Å². The molecule has 0 heterocycles. The molecule has 0 aliphatic carbocycles. The molecule has 0 fully saturated rings. The number of aliphatic imine (C=N–C) groups is 1. The molecular formula is C16H28N4. The zero-order valence-corrected chi connectivity index (χ0v) is 13.4. The number of hydrogen-bond donors (Lipinski definition) is 2. The van der Waals surface area contributed by atoms with Gasteiger partial charge in [0, 0.05) is 19.1 Å². The molecule has 20 heavy (non-hydrogen) atoms. The quantitative estimate of drug-likeness (QED) is 0.618. The summed E-state index contributed by atoms with van der Waals surface area (Å²) in [4.78, 5) is 6.80. The third-order valence-electron chi connectivity index (χ3n) is 2.68. The van der Waals surface area contributed by atoms with Crippen LogP contribution in [0.4, 0.5) is 0 Å². The zero-order chi connectivity index (χ0) is 15.0. The molecule has 112 valence electrons. The molecule has 1 aromatic carbocycles. The minimum Gasteiger partial charge on any atom is -0.357 e. The summed E-state index contributed by atoms with van der Waals surface area (Å²) in [5.41, 5.74) is 2.56. The second-order valence-corrected chi connectivity index (χ2v) is 5.55. The first-order chi connectivity index (χ1) is 9.51. The molecule has 0 amide bonds. The summed E-state index contributed by atoms with van der Waals surface area (Å²) >= 11 is 0. The van der Waals surface area contributed by atoms with Crippen molar-refractivity contribution in [3.8, 4) is 0 Å². The largest absolute Gasteiger partial charge is 0.357 e. The van der Waals surface area contributed by atoms with Crippen molar-refractivity contribution in [1.29, 1.82) is 0 Å². The van der Waals surface area contributed by atoms with Crippen LogP contribution in [0, 0.1) is 0 Å². The van der Waals surface area contributed by atoms with Crippen molar-refractivity contribution >= 4 is 5.96 Å². The summed E-state index contributed by atoms with van der Waals surface area (Å²) in [6.07, 6.45) is 0. The van der Waals surface area contributed by atoms with Crippen molar-refractivity contribution in [2.24, 2.45) is 4.99 Å². The van der Waals surface area contributed by atoms with Crippen molar-refractivity contribution in [3.63, 3.8) is 0 Å². The summed E-state index contributed by atoms with van der Waals surface area (Å²) in [6.45, 7) is 8.84. The Labute approximate surface area is 123 Å². The highest BCUT2D eigenvalue weighted by molar-refractivity contribution is 5.79. The van der Waals surface area contributed by atoms with Crippen LogP contribution in [0.15, 0.2) is 29.3 Å². The van der Waals surface area contributed by atoms with Crippen molar-refractivity contribution in [2.45, 2.75) is 39.9 Å². The fourth-order valence-corrected chi connectivity index (χ4v) is 1.96. The third kappa shape index (κ3) is 6.57. The van der Waals surface area contributed by atoms with E-state index < -0.39 is 0 Å². The number of nitrogens with one attached hydrogen (secondary N) is 2. The van der Waals surface area contributed by atoms with E-state index in [-0.39, 0.29) is 0 Å². The van der Waals surface area contributed by atoms with Crippen molar-refractivity contribution < 1.29 is 0 Å². The molecule has 0 spiro atoms. The first kappa shape index (κ1) is 16.5. The van der Waals surface area contributed by atoms with Gasteiger partial charge in [-0.2, -0.15) is 0 Å². The number of rotatable bonds is 6. The van der Waals surface area contributed by atoms with Crippen molar-refractivity contribution in [2.75, 3.05) is 20.6 Å². The van der Waals surface area contributed by atoms with E-state index in [9.17, 15) is 0 Å². The number of nitrogens with zero attached hydrogens (tertiary/aromatic N) is 2. The Morgan fingerprint density at radius 2 is 1.95 bits per heavy atom. The van der Waals surface area contributed by atoms with Crippen LogP contribution >= 0.6 is 0 Å². The Morgan fingerprint density at radius 3 is 2.55 bits per heavy atom. The van der Waals surface area contributed by atoms with Crippen LogP contribution in [0.5, 0.6) is 0 Å². The average Bonchev–Trinajstić information content (AvgIpc) is 2.35. The van der Waals surface area contributed by atoms with E-state index in [0.717, 1.165) is 19.0 Å². The molecule has 0 bridgehead atoms. The van der Waals surface area contributed by atoms with Crippen LogP contribution in [0.3, 0.4) is 0 Å². The van der Waals surface area contributed by atoms with E-state index in [1.165, 1.54) is 11.1 Å². The Morgan fingerprint density at radius 1 is 1.25 bits per heavy atom. The van der Waals surface area contributed by atoms with Gasteiger partial charge >= 0.3 is 0 Å². The van der Waals surface area contributed by atoms with Crippen LogP contribution in [0.2, 0.25) is 0 Å². The second kappa shape index (κ2) is 8.59. The summed E-state index contributed by atoms with van der Waals surface area (Å²) < 4.78 is 0. The minimum absolute atomic E-state index is 0.382. The van der Waals surface area contributed by atoms with E-state index in [2.05, 4.69) is 79.7 Å². The van der Waals surface area contributed by atoms with E-state index in [1.54, 1.807) is 0 Å². The molecule has 0 aliphatic rings. The van der Waals surface area contributed by atoms with E-state index >= 15 is 0 Å². The highest BCUT2D eigenvalue weighted by atomic mass is 15.2. The van der Waals surface area contributed by atoms with Crippen molar-refractivity contribution in [3.05, 3.63) is 35.4 Å². The molecule has 0 atom stereocenters. The van der Waals surface area contributed by atoms with Gasteiger partial charge in [-0.25, -0.2) is 4.99 Å². The predicted molar refractivity (Wildman–Crippen MR) is 86.9 cm³/mol. The van der Waals surface area contributed by atoms with Crippen LogP contribution < -0.4 is 10.6 Å². The Balaban J connectivity index is 2.70. The fourth-order valence-electron chi connectivity index (χ4n) is 1.96. The van der Waals surface area contributed by atoms with Crippen LogP contribution in [-0.2, 0) is 13.1 Å². The Bertz CT molecular complexity index is 424. The fraction of sp³-hybridized carbons (Fsp3) is 0.562. The molecular weight excluding hydrogens is 248 g/mol. The van der Waals surface area contributed by atoms with Crippen LogP contribution in [-0.4, -0.2) is 37.5 Å². The highest BCUT2D eigenvalue weighted by Crippen LogP contribution is 2.08. The van der Waals surface area contributed by atoms with Gasteiger partial charge < -0.3 is 15.5 Å². The topological polar surface area (TPSA) is 39.7 Å². The smallest absolute Gasteiger partial charge is 0.191 e. The highest BCUT2D eigenvalue weighted by Gasteiger charge is 2.01. The normalized spacial score (nSPS) is 12.1. The van der Waals surface area contributed by atoms with Crippen LogP contribution in [0.1, 0.15) is 31.9 Å². The molecule has 0 saturated carbocycles. The monoisotopic (exact) mass is 276 g/mol. The third-order valence-corrected chi connectivity index (χ3v) is 2.68. The Kier molecular flexibility index (Phi) is 7.09. The summed E-state index contributed by atoms with van der Waals surface area (Å²) in [7, 11) is 4.17. The Hall–Kier alpha value is -1.55. The lowest BCUT2D eigenvalue weighted by atomic mass is 10.1. The molecule has 1 aromatic rings. The van der Waals surface area contributed by atoms with E-state index in [1.807, 2.05) is 0 Å². The minimum atomic E-state index is 0.382. The second-order valence-electron chi connectivity index (χ2n) is 5.55. The van der Waals surface area contributed by atoms with Crippen molar-refractivity contribution in [1.82, 2.24) is 15.5 Å². The molecule has 4 heteroatoms. The van der Waals surface area contributed by atoms with Gasteiger partial charge in [0.15, 0.2) is 5.96 Å². The standard InChI is InChI=1S/C16H28N4/c1-6-17-16(19-13(2)3)18-11-14-8-7-9-15(10-14)12-20(4)5/h7-10,13H,6,11-12H2,1-5H3,(H2,17,18,19). The lowest BCUT2D eigenvalue weighted by Crippen LogP contribution is -2.41. The molecule has 1 rings (SSSR count). The van der Waals surface area contributed by atoms with Gasteiger partial charge in [0.25, 0.3) is 0 Å². The van der Waals surface area contributed by atoms with Gasteiger partial charge in [-0.3, -0.25) is 0 Å². The number of hydrogen-bond acceptors (Lipinski definition) is 2. The predicted octanol–water partition coefficient (Wildman–Crippen LogP) is 2.21. The summed E-state index contributed by atoms with van der Waals surface area (Å²) in [5, 5.41) is 6.59. The molecule has 0 aromatic heterocycles. The number of guanidine groups is 1. The van der Waals surface area contributed by atoms with Gasteiger partial charge in [-0.05, 0) is 46.0 Å². The summed E-state index contributed by atoms with van der Waals surface area (Å²) in [6, 6.07) is 8.99. The van der Waals surface area contributed by atoms with Gasteiger partial charge in [-0.15, -0.1) is 0 Å². The molecule has 0 unspecified atom stereocenters.